The molecule has 2 rings (SSSR count). The summed E-state index contributed by atoms with van der Waals surface area (Å²) in [7, 11) is 3.86. The molecule has 0 aliphatic rings. The van der Waals surface area contributed by atoms with Gasteiger partial charge in [0.1, 0.15) is 0 Å². The van der Waals surface area contributed by atoms with Gasteiger partial charge in [-0.1, -0.05) is 23.7 Å². The lowest BCUT2D eigenvalue weighted by atomic mass is 10.0. The SMILES string of the molecule is CNC(Cc1cnn(C)c1)c1cccc(Br)c1Cl. The summed E-state index contributed by atoms with van der Waals surface area (Å²) in [6.07, 6.45) is 4.77. The molecule has 0 spiro atoms. The van der Waals surface area contributed by atoms with Crippen LogP contribution in [0.25, 0.3) is 0 Å². The van der Waals surface area contributed by atoms with Gasteiger partial charge in [-0.3, -0.25) is 4.68 Å². The molecule has 18 heavy (non-hydrogen) atoms. The van der Waals surface area contributed by atoms with Crippen molar-refractivity contribution in [2.75, 3.05) is 7.05 Å². The fraction of sp³-hybridized carbons (Fsp3) is 0.308. The summed E-state index contributed by atoms with van der Waals surface area (Å²) in [5.74, 6) is 0. The minimum atomic E-state index is 0.180. The molecule has 0 radical (unpaired) electrons. The second-order valence-electron chi connectivity index (χ2n) is 4.21. The Balaban J connectivity index is 2.25. The van der Waals surface area contributed by atoms with Crippen LogP contribution in [0.3, 0.4) is 0 Å². The summed E-state index contributed by atoms with van der Waals surface area (Å²) in [5, 5.41) is 8.25. The van der Waals surface area contributed by atoms with Crippen LogP contribution in [0.15, 0.2) is 35.1 Å². The fourth-order valence-electron chi connectivity index (χ4n) is 1.97. The first-order chi connectivity index (χ1) is 8.61. The van der Waals surface area contributed by atoms with Crippen molar-refractivity contribution in [2.45, 2.75) is 12.5 Å². The predicted octanol–water partition coefficient (Wildman–Crippen LogP) is 3.34. The van der Waals surface area contributed by atoms with Gasteiger partial charge in [-0.15, -0.1) is 0 Å². The number of halogens is 2. The average Bonchev–Trinajstić information content (AvgIpc) is 2.76. The van der Waals surface area contributed by atoms with Crippen LogP contribution in [0.5, 0.6) is 0 Å². The molecule has 1 heterocycles. The van der Waals surface area contributed by atoms with Gasteiger partial charge in [0.2, 0.25) is 0 Å². The molecule has 0 fully saturated rings. The van der Waals surface area contributed by atoms with Gasteiger partial charge in [0, 0.05) is 23.8 Å². The highest BCUT2D eigenvalue weighted by atomic mass is 79.9. The van der Waals surface area contributed by atoms with Gasteiger partial charge in [0.05, 0.1) is 11.2 Å². The van der Waals surface area contributed by atoms with E-state index in [-0.39, 0.29) is 6.04 Å². The highest BCUT2D eigenvalue weighted by molar-refractivity contribution is 9.10. The largest absolute Gasteiger partial charge is 0.313 e. The Morgan fingerprint density at radius 2 is 2.28 bits per heavy atom. The molecule has 0 aliphatic heterocycles. The van der Waals surface area contributed by atoms with E-state index >= 15 is 0 Å². The normalized spacial score (nSPS) is 12.7. The molecule has 0 amide bonds. The third kappa shape index (κ3) is 2.94. The number of likely N-dealkylation sites (N-methyl/N-ethyl adjacent to an activating group) is 1. The third-order valence-corrected chi connectivity index (χ3v) is 4.21. The molecule has 0 saturated heterocycles. The number of hydrogen-bond donors (Lipinski definition) is 1. The van der Waals surface area contributed by atoms with Crippen LogP contribution in [0.2, 0.25) is 5.02 Å². The Hall–Kier alpha value is -0.840. The van der Waals surface area contributed by atoms with Crippen LogP contribution in [0.1, 0.15) is 17.2 Å². The average molecular weight is 329 g/mol. The van der Waals surface area contributed by atoms with E-state index in [1.807, 2.05) is 49.4 Å². The van der Waals surface area contributed by atoms with Gasteiger partial charge in [-0.2, -0.15) is 5.10 Å². The van der Waals surface area contributed by atoms with Gasteiger partial charge < -0.3 is 5.32 Å². The van der Waals surface area contributed by atoms with Crippen molar-refractivity contribution >= 4 is 27.5 Å². The molecule has 1 atom stereocenters. The van der Waals surface area contributed by atoms with E-state index < -0.39 is 0 Å². The van der Waals surface area contributed by atoms with Gasteiger partial charge in [0.25, 0.3) is 0 Å². The van der Waals surface area contributed by atoms with Crippen molar-refractivity contribution in [2.24, 2.45) is 7.05 Å². The maximum atomic E-state index is 6.33. The Morgan fingerprint density at radius 1 is 1.50 bits per heavy atom. The van der Waals surface area contributed by atoms with Crippen molar-refractivity contribution < 1.29 is 0 Å². The molecule has 1 unspecified atom stereocenters. The molecule has 0 bridgehead atoms. The summed E-state index contributed by atoms with van der Waals surface area (Å²) >= 11 is 9.79. The monoisotopic (exact) mass is 327 g/mol. The maximum Gasteiger partial charge on any atom is 0.0595 e. The number of nitrogens with one attached hydrogen (secondary N) is 1. The molecule has 1 aromatic heterocycles. The van der Waals surface area contributed by atoms with Crippen molar-refractivity contribution in [3.8, 4) is 0 Å². The highest BCUT2D eigenvalue weighted by Crippen LogP contribution is 2.31. The van der Waals surface area contributed by atoms with Crippen LogP contribution in [-0.4, -0.2) is 16.8 Å². The number of benzene rings is 1. The van der Waals surface area contributed by atoms with Crippen LogP contribution in [0.4, 0.5) is 0 Å². The third-order valence-electron chi connectivity index (χ3n) is 2.90. The van der Waals surface area contributed by atoms with E-state index in [4.69, 9.17) is 11.6 Å². The molecule has 1 aromatic carbocycles. The van der Waals surface area contributed by atoms with E-state index in [9.17, 15) is 0 Å². The van der Waals surface area contributed by atoms with Crippen LogP contribution >= 0.6 is 27.5 Å². The molecule has 3 nitrogen and oxygen atoms in total. The smallest absolute Gasteiger partial charge is 0.0595 e. The maximum absolute atomic E-state index is 6.33. The predicted molar refractivity (Wildman–Crippen MR) is 77.9 cm³/mol. The minimum absolute atomic E-state index is 0.180. The fourth-order valence-corrected chi connectivity index (χ4v) is 2.61. The first kappa shape index (κ1) is 13.6. The van der Waals surface area contributed by atoms with Crippen molar-refractivity contribution in [1.82, 2.24) is 15.1 Å². The summed E-state index contributed by atoms with van der Waals surface area (Å²) < 4.78 is 2.73. The van der Waals surface area contributed by atoms with Crippen molar-refractivity contribution in [1.29, 1.82) is 0 Å². The minimum Gasteiger partial charge on any atom is -0.313 e. The van der Waals surface area contributed by atoms with E-state index in [1.165, 1.54) is 5.56 Å². The molecule has 96 valence electrons. The number of hydrogen-bond acceptors (Lipinski definition) is 2. The second kappa shape index (κ2) is 5.87. The summed E-state index contributed by atoms with van der Waals surface area (Å²) in [6, 6.07) is 6.17. The lowest BCUT2D eigenvalue weighted by molar-refractivity contribution is 0.591. The van der Waals surface area contributed by atoms with Gasteiger partial charge >= 0.3 is 0 Å². The number of aromatic nitrogens is 2. The highest BCUT2D eigenvalue weighted by Gasteiger charge is 2.15. The molecule has 0 aliphatic carbocycles. The zero-order valence-corrected chi connectivity index (χ0v) is 12.7. The molecule has 2 aromatic rings. The molecule has 5 heteroatoms. The molecular formula is C13H15BrClN3. The van der Waals surface area contributed by atoms with Gasteiger partial charge in [0.15, 0.2) is 0 Å². The Kier molecular flexibility index (Phi) is 4.43. The van der Waals surface area contributed by atoms with E-state index in [2.05, 4.69) is 26.3 Å². The van der Waals surface area contributed by atoms with Crippen LogP contribution in [0, 0.1) is 0 Å². The zero-order chi connectivity index (χ0) is 13.1. The molecule has 1 N–H and O–H groups in total. The van der Waals surface area contributed by atoms with Crippen molar-refractivity contribution in [3.63, 3.8) is 0 Å². The zero-order valence-electron chi connectivity index (χ0n) is 10.3. The van der Waals surface area contributed by atoms with E-state index in [0.29, 0.717) is 0 Å². The molecular weight excluding hydrogens is 314 g/mol. The quantitative estimate of drug-likeness (QED) is 0.933. The number of aryl methyl sites for hydroxylation is 1. The number of rotatable bonds is 4. The van der Waals surface area contributed by atoms with Gasteiger partial charge in [-0.25, -0.2) is 0 Å². The van der Waals surface area contributed by atoms with E-state index in [1.54, 1.807) is 0 Å². The van der Waals surface area contributed by atoms with Gasteiger partial charge in [-0.05, 0) is 46.6 Å². The first-order valence-electron chi connectivity index (χ1n) is 5.70. The molecule has 0 saturated carbocycles. The van der Waals surface area contributed by atoms with Crippen LogP contribution < -0.4 is 5.32 Å². The topological polar surface area (TPSA) is 29.9 Å². The summed E-state index contributed by atoms with van der Waals surface area (Å²) in [5.41, 5.74) is 2.28. The van der Waals surface area contributed by atoms with Crippen molar-refractivity contribution in [3.05, 3.63) is 51.2 Å². The Morgan fingerprint density at radius 3 is 2.89 bits per heavy atom. The summed E-state index contributed by atoms with van der Waals surface area (Å²) in [6.45, 7) is 0. The van der Waals surface area contributed by atoms with E-state index in [0.717, 1.165) is 21.5 Å². The lowest BCUT2D eigenvalue weighted by Crippen LogP contribution is -2.19. The standard InChI is InChI=1S/C13H15BrClN3/c1-16-12(6-9-7-17-18(2)8-9)10-4-3-5-11(14)13(10)15/h3-5,7-8,12,16H,6H2,1-2H3. The second-order valence-corrected chi connectivity index (χ2v) is 5.44. The first-order valence-corrected chi connectivity index (χ1v) is 6.87. The lowest BCUT2D eigenvalue weighted by Gasteiger charge is -2.17. The van der Waals surface area contributed by atoms with Crippen LogP contribution in [-0.2, 0) is 13.5 Å². The summed E-state index contributed by atoms with van der Waals surface area (Å²) in [4.78, 5) is 0. The Labute approximate surface area is 120 Å². The number of nitrogens with zero attached hydrogens (tertiary/aromatic N) is 2. The Bertz CT molecular complexity index is 539.